The first-order valence-electron chi connectivity index (χ1n) is 6.50. The molecule has 1 atom stereocenters. The lowest BCUT2D eigenvalue weighted by Gasteiger charge is -2.27. The minimum Gasteiger partial charge on any atom is -0.327 e. The number of nitrogens with zero attached hydrogens (tertiary/aromatic N) is 2. The third-order valence-electron chi connectivity index (χ3n) is 3.91. The first-order chi connectivity index (χ1) is 7.77. The second kappa shape index (κ2) is 5.48. The number of aromatic nitrogens is 2. The predicted molar refractivity (Wildman–Crippen MR) is 66.1 cm³/mol. The van der Waals surface area contributed by atoms with E-state index in [0.717, 1.165) is 18.8 Å². The van der Waals surface area contributed by atoms with Crippen LogP contribution in [0.1, 0.15) is 44.2 Å². The van der Waals surface area contributed by atoms with Crippen molar-refractivity contribution in [2.75, 3.05) is 0 Å². The molecule has 0 aliphatic heterocycles. The highest BCUT2D eigenvalue weighted by Crippen LogP contribution is 2.27. The van der Waals surface area contributed by atoms with Gasteiger partial charge < -0.3 is 5.73 Å². The van der Waals surface area contributed by atoms with Gasteiger partial charge in [0.15, 0.2) is 0 Å². The van der Waals surface area contributed by atoms with E-state index in [9.17, 15) is 0 Å². The van der Waals surface area contributed by atoms with Crippen molar-refractivity contribution in [3.05, 3.63) is 18.0 Å². The molecule has 1 fully saturated rings. The number of hydrogen-bond donors (Lipinski definition) is 1. The maximum absolute atomic E-state index is 6.29. The highest BCUT2D eigenvalue weighted by molar-refractivity contribution is 5.00. The topological polar surface area (TPSA) is 43.8 Å². The zero-order valence-electron chi connectivity index (χ0n) is 10.2. The molecule has 1 saturated carbocycles. The van der Waals surface area contributed by atoms with Gasteiger partial charge in [0.1, 0.15) is 0 Å². The third-order valence-corrected chi connectivity index (χ3v) is 3.91. The van der Waals surface area contributed by atoms with Gasteiger partial charge in [0.25, 0.3) is 0 Å². The molecule has 16 heavy (non-hydrogen) atoms. The molecule has 1 aromatic rings. The van der Waals surface area contributed by atoms with E-state index in [4.69, 9.17) is 5.73 Å². The summed E-state index contributed by atoms with van der Waals surface area (Å²) in [5.74, 6) is 0.766. The number of rotatable bonds is 4. The van der Waals surface area contributed by atoms with Gasteiger partial charge in [-0.25, -0.2) is 0 Å². The van der Waals surface area contributed by atoms with Gasteiger partial charge in [-0.05, 0) is 37.7 Å². The van der Waals surface area contributed by atoms with Crippen molar-refractivity contribution in [3.63, 3.8) is 0 Å². The van der Waals surface area contributed by atoms with Gasteiger partial charge in [0, 0.05) is 25.0 Å². The average Bonchev–Trinajstić information content (AvgIpc) is 2.73. The molecule has 0 radical (unpaired) electrons. The molecule has 2 rings (SSSR count). The summed E-state index contributed by atoms with van der Waals surface area (Å²) >= 11 is 0. The van der Waals surface area contributed by atoms with Gasteiger partial charge >= 0.3 is 0 Å². The van der Waals surface area contributed by atoms with E-state index in [2.05, 4.69) is 11.2 Å². The van der Waals surface area contributed by atoms with Crippen LogP contribution in [0.3, 0.4) is 0 Å². The Labute approximate surface area is 98.0 Å². The van der Waals surface area contributed by atoms with Crippen LogP contribution in [-0.2, 0) is 13.5 Å². The molecular formula is C13H23N3. The first kappa shape index (κ1) is 11.6. The van der Waals surface area contributed by atoms with Crippen LogP contribution >= 0.6 is 0 Å². The van der Waals surface area contributed by atoms with Crippen LogP contribution < -0.4 is 5.73 Å². The largest absolute Gasteiger partial charge is 0.327 e. The van der Waals surface area contributed by atoms with E-state index in [1.54, 1.807) is 0 Å². The molecule has 0 bridgehead atoms. The molecule has 0 spiro atoms. The maximum atomic E-state index is 6.29. The fraction of sp³-hybridized carbons (Fsp3) is 0.769. The summed E-state index contributed by atoms with van der Waals surface area (Å²) < 4.78 is 1.95. The van der Waals surface area contributed by atoms with E-state index in [0.29, 0.717) is 6.04 Å². The minimum atomic E-state index is 0.384. The molecule has 90 valence electrons. The molecule has 1 aromatic heterocycles. The van der Waals surface area contributed by atoms with Crippen molar-refractivity contribution in [1.29, 1.82) is 0 Å². The summed E-state index contributed by atoms with van der Waals surface area (Å²) in [5, 5.41) is 4.18. The van der Waals surface area contributed by atoms with E-state index in [1.165, 1.54) is 37.8 Å². The lowest BCUT2D eigenvalue weighted by Crippen LogP contribution is -2.32. The van der Waals surface area contributed by atoms with Crippen molar-refractivity contribution in [2.24, 2.45) is 18.7 Å². The van der Waals surface area contributed by atoms with Gasteiger partial charge in [-0.2, -0.15) is 5.10 Å². The Morgan fingerprint density at radius 2 is 2.19 bits per heavy atom. The van der Waals surface area contributed by atoms with E-state index >= 15 is 0 Å². The van der Waals surface area contributed by atoms with Crippen LogP contribution in [-0.4, -0.2) is 15.8 Å². The number of nitrogens with two attached hydrogens (primary N) is 1. The molecule has 3 heteroatoms. The Morgan fingerprint density at radius 1 is 1.44 bits per heavy atom. The van der Waals surface area contributed by atoms with Crippen LogP contribution in [0.5, 0.6) is 0 Å². The smallest absolute Gasteiger partial charge is 0.0492 e. The summed E-state index contributed by atoms with van der Waals surface area (Å²) in [6.45, 7) is 0. The summed E-state index contributed by atoms with van der Waals surface area (Å²) in [6.07, 6.45) is 10.9. The Balaban J connectivity index is 1.78. The molecule has 1 unspecified atom stereocenters. The Hall–Kier alpha value is -0.830. The first-order valence-corrected chi connectivity index (χ1v) is 6.50. The SMILES string of the molecule is Cn1nccc1CCC(N)C1CCCCC1. The van der Waals surface area contributed by atoms with Crippen LogP contribution in [0.25, 0.3) is 0 Å². The van der Waals surface area contributed by atoms with Crippen molar-refractivity contribution in [1.82, 2.24) is 9.78 Å². The summed E-state index contributed by atoms with van der Waals surface area (Å²) in [4.78, 5) is 0. The van der Waals surface area contributed by atoms with E-state index < -0.39 is 0 Å². The van der Waals surface area contributed by atoms with Crippen LogP contribution in [0, 0.1) is 5.92 Å². The number of aryl methyl sites for hydroxylation is 2. The molecule has 1 aliphatic carbocycles. The molecule has 0 aromatic carbocycles. The highest BCUT2D eigenvalue weighted by atomic mass is 15.2. The van der Waals surface area contributed by atoms with Gasteiger partial charge in [-0.3, -0.25) is 4.68 Å². The standard InChI is InChI=1S/C13H23N3/c1-16-12(9-10-15-16)7-8-13(14)11-5-3-2-4-6-11/h9-11,13H,2-8,14H2,1H3. The highest BCUT2D eigenvalue weighted by Gasteiger charge is 2.20. The molecular weight excluding hydrogens is 198 g/mol. The predicted octanol–water partition coefficient (Wildman–Crippen LogP) is 2.26. The van der Waals surface area contributed by atoms with Crippen molar-refractivity contribution >= 4 is 0 Å². The summed E-state index contributed by atoms with van der Waals surface area (Å²) in [7, 11) is 2.00. The molecule has 2 N–H and O–H groups in total. The van der Waals surface area contributed by atoms with Crippen LogP contribution in [0.15, 0.2) is 12.3 Å². The molecule has 1 aliphatic rings. The Bertz CT molecular complexity index is 313. The van der Waals surface area contributed by atoms with Crippen LogP contribution in [0.2, 0.25) is 0 Å². The molecule has 0 amide bonds. The minimum absolute atomic E-state index is 0.384. The van der Waals surface area contributed by atoms with E-state index in [1.807, 2.05) is 17.9 Å². The summed E-state index contributed by atoms with van der Waals surface area (Å²) in [6, 6.07) is 2.48. The van der Waals surface area contributed by atoms with Gasteiger partial charge in [-0.1, -0.05) is 19.3 Å². The zero-order valence-corrected chi connectivity index (χ0v) is 10.2. The lowest BCUT2D eigenvalue weighted by atomic mass is 9.82. The second-order valence-corrected chi connectivity index (χ2v) is 5.05. The Morgan fingerprint density at radius 3 is 2.81 bits per heavy atom. The van der Waals surface area contributed by atoms with Gasteiger partial charge in [0.05, 0.1) is 0 Å². The lowest BCUT2D eigenvalue weighted by molar-refractivity contribution is 0.294. The van der Waals surface area contributed by atoms with Gasteiger partial charge in [0.2, 0.25) is 0 Å². The average molecular weight is 221 g/mol. The summed E-state index contributed by atoms with van der Waals surface area (Å²) in [5.41, 5.74) is 7.58. The van der Waals surface area contributed by atoms with Crippen LogP contribution in [0.4, 0.5) is 0 Å². The normalized spacial score (nSPS) is 19.9. The third kappa shape index (κ3) is 2.85. The fourth-order valence-corrected chi connectivity index (χ4v) is 2.76. The van der Waals surface area contributed by atoms with Crippen molar-refractivity contribution < 1.29 is 0 Å². The Kier molecular flexibility index (Phi) is 3.99. The number of hydrogen-bond acceptors (Lipinski definition) is 2. The van der Waals surface area contributed by atoms with Gasteiger partial charge in [-0.15, -0.1) is 0 Å². The maximum Gasteiger partial charge on any atom is 0.0492 e. The fourth-order valence-electron chi connectivity index (χ4n) is 2.76. The van der Waals surface area contributed by atoms with Crippen molar-refractivity contribution in [2.45, 2.75) is 51.0 Å². The molecule has 0 saturated heterocycles. The molecule has 1 heterocycles. The quantitative estimate of drug-likeness (QED) is 0.847. The molecule has 3 nitrogen and oxygen atoms in total. The second-order valence-electron chi connectivity index (χ2n) is 5.05. The van der Waals surface area contributed by atoms with Crippen molar-refractivity contribution in [3.8, 4) is 0 Å². The van der Waals surface area contributed by atoms with E-state index in [-0.39, 0.29) is 0 Å². The zero-order chi connectivity index (χ0) is 11.4. The monoisotopic (exact) mass is 221 g/mol.